The zero-order chi connectivity index (χ0) is 19.6. The summed E-state index contributed by atoms with van der Waals surface area (Å²) in [5, 5.41) is 6.17. The smallest absolute Gasteiger partial charge is 0.226 e. The van der Waals surface area contributed by atoms with E-state index in [2.05, 4.69) is 10.6 Å². The fraction of sp³-hybridized carbons (Fsp3) is 0.381. The first-order chi connectivity index (χ1) is 13.0. The highest BCUT2D eigenvalue weighted by molar-refractivity contribution is 5.92. The monoisotopic (exact) mass is 372 g/mol. The van der Waals surface area contributed by atoms with Crippen molar-refractivity contribution in [2.24, 2.45) is 0 Å². The number of rotatable bonds is 10. The van der Waals surface area contributed by atoms with Gasteiger partial charge in [-0.05, 0) is 37.6 Å². The SMILES string of the molecule is COc1ccc(OC)c(NC(=O)CC(C)NCCOc2ccccc2C)c1. The van der Waals surface area contributed by atoms with Crippen LogP contribution in [0.15, 0.2) is 42.5 Å². The van der Waals surface area contributed by atoms with E-state index in [0.29, 0.717) is 36.8 Å². The van der Waals surface area contributed by atoms with Crippen molar-refractivity contribution in [2.75, 3.05) is 32.7 Å². The normalized spacial score (nSPS) is 11.6. The van der Waals surface area contributed by atoms with E-state index >= 15 is 0 Å². The minimum atomic E-state index is -0.0959. The number of hydrogen-bond acceptors (Lipinski definition) is 5. The maximum atomic E-state index is 12.3. The molecule has 0 aromatic heterocycles. The number of benzene rings is 2. The van der Waals surface area contributed by atoms with Crippen LogP contribution in [0.5, 0.6) is 17.2 Å². The highest BCUT2D eigenvalue weighted by Gasteiger charge is 2.12. The lowest BCUT2D eigenvalue weighted by molar-refractivity contribution is -0.116. The van der Waals surface area contributed by atoms with Crippen molar-refractivity contribution in [3.63, 3.8) is 0 Å². The molecule has 0 heterocycles. The Morgan fingerprint density at radius 1 is 1.07 bits per heavy atom. The molecule has 1 amide bonds. The molecular weight excluding hydrogens is 344 g/mol. The van der Waals surface area contributed by atoms with Crippen LogP contribution >= 0.6 is 0 Å². The number of aryl methyl sites for hydroxylation is 1. The average molecular weight is 372 g/mol. The van der Waals surface area contributed by atoms with Gasteiger partial charge in [-0.1, -0.05) is 18.2 Å². The summed E-state index contributed by atoms with van der Waals surface area (Å²) in [4.78, 5) is 12.3. The second-order valence-electron chi connectivity index (χ2n) is 6.29. The molecular formula is C21H28N2O4. The van der Waals surface area contributed by atoms with Crippen molar-refractivity contribution in [2.45, 2.75) is 26.3 Å². The van der Waals surface area contributed by atoms with Crippen LogP contribution in [0.3, 0.4) is 0 Å². The molecule has 146 valence electrons. The molecule has 0 bridgehead atoms. The highest BCUT2D eigenvalue weighted by atomic mass is 16.5. The van der Waals surface area contributed by atoms with Gasteiger partial charge in [0.2, 0.25) is 5.91 Å². The van der Waals surface area contributed by atoms with Crippen molar-refractivity contribution in [1.82, 2.24) is 5.32 Å². The van der Waals surface area contributed by atoms with E-state index < -0.39 is 0 Å². The Balaban J connectivity index is 1.76. The third-order valence-electron chi connectivity index (χ3n) is 4.12. The Kier molecular flexibility index (Phi) is 7.95. The van der Waals surface area contributed by atoms with Gasteiger partial charge >= 0.3 is 0 Å². The fourth-order valence-corrected chi connectivity index (χ4v) is 2.65. The summed E-state index contributed by atoms with van der Waals surface area (Å²) in [6, 6.07) is 13.2. The molecule has 1 unspecified atom stereocenters. The van der Waals surface area contributed by atoms with Crippen molar-refractivity contribution >= 4 is 11.6 Å². The van der Waals surface area contributed by atoms with Gasteiger partial charge < -0.3 is 24.8 Å². The van der Waals surface area contributed by atoms with Gasteiger partial charge in [-0.2, -0.15) is 0 Å². The van der Waals surface area contributed by atoms with E-state index in [4.69, 9.17) is 14.2 Å². The zero-order valence-electron chi connectivity index (χ0n) is 16.4. The first-order valence-electron chi connectivity index (χ1n) is 8.97. The third kappa shape index (κ3) is 6.49. The van der Waals surface area contributed by atoms with Crippen LogP contribution in [0.4, 0.5) is 5.69 Å². The summed E-state index contributed by atoms with van der Waals surface area (Å²) in [5.41, 5.74) is 1.70. The molecule has 1 atom stereocenters. The Bertz CT molecular complexity index is 749. The van der Waals surface area contributed by atoms with Crippen molar-refractivity contribution in [3.05, 3.63) is 48.0 Å². The molecule has 0 aliphatic heterocycles. The predicted octanol–water partition coefficient (Wildman–Crippen LogP) is 3.40. The van der Waals surface area contributed by atoms with Gasteiger partial charge in [-0.15, -0.1) is 0 Å². The van der Waals surface area contributed by atoms with Crippen LogP contribution in [0.1, 0.15) is 18.9 Å². The molecule has 0 aliphatic rings. The van der Waals surface area contributed by atoms with E-state index in [0.717, 1.165) is 11.3 Å². The van der Waals surface area contributed by atoms with Crippen molar-refractivity contribution in [1.29, 1.82) is 0 Å². The molecule has 2 aromatic rings. The lowest BCUT2D eigenvalue weighted by Crippen LogP contribution is -2.33. The predicted molar refractivity (Wildman–Crippen MR) is 107 cm³/mol. The van der Waals surface area contributed by atoms with Gasteiger partial charge in [0.1, 0.15) is 23.9 Å². The second kappa shape index (κ2) is 10.4. The maximum absolute atomic E-state index is 12.3. The summed E-state index contributed by atoms with van der Waals surface area (Å²) in [6.45, 7) is 5.19. The van der Waals surface area contributed by atoms with E-state index in [-0.39, 0.29) is 11.9 Å². The molecule has 2 aromatic carbocycles. The molecule has 2 N–H and O–H groups in total. The number of hydrogen-bond donors (Lipinski definition) is 2. The zero-order valence-corrected chi connectivity index (χ0v) is 16.4. The summed E-state index contributed by atoms with van der Waals surface area (Å²) in [6.07, 6.45) is 0.338. The molecule has 0 saturated heterocycles. The Labute approximate surface area is 160 Å². The largest absolute Gasteiger partial charge is 0.497 e. The minimum absolute atomic E-state index is 0.0158. The number of methoxy groups -OCH3 is 2. The van der Waals surface area contributed by atoms with E-state index in [1.165, 1.54) is 0 Å². The van der Waals surface area contributed by atoms with Gasteiger partial charge in [0, 0.05) is 25.1 Å². The molecule has 2 rings (SSSR count). The number of carbonyl (C=O) groups excluding carboxylic acids is 1. The first-order valence-corrected chi connectivity index (χ1v) is 8.97. The minimum Gasteiger partial charge on any atom is -0.497 e. The van der Waals surface area contributed by atoms with E-state index in [1.54, 1.807) is 32.4 Å². The summed E-state index contributed by atoms with van der Waals surface area (Å²) in [5.74, 6) is 2.04. The van der Waals surface area contributed by atoms with E-state index in [1.807, 2.05) is 38.1 Å². The van der Waals surface area contributed by atoms with Gasteiger partial charge in [0.25, 0.3) is 0 Å². The number of amides is 1. The molecule has 0 spiro atoms. The summed E-state index contributed by atoms with van der Waals surface area (Å²) >= 11 is 0. The number of nitrogens with one attached hydrogen (secondary N) is 2. The van der Waals surface area contributed by atoms with Crippen LogP contribution in [-0.2, 0) is 4.79 Å². The highest BCUT2D eigenvalue weighted by Crippen LogP contribution is 2.29. The summed E-state index contributed by atoms with van der Waals surface area (Å²) < 4.78 is 16.2. The molecule has 27 heavy (non-hydrogen) atoms. The first kappa shape index (κ1) is 20.6. The molecule has 0 fully saturated rings. The van der Waals surface area contributed by atoms with Crippen LogP contribution in [0, 0.1) is 6.92 Å². The van der Waals surface area contributed by atoms with Gasteiger partial charge in [-0.3, -0.25) is 4.79 Å². The molecule has 6 nitrogen and oxygen atoms in total. The molecule has 0 saturated carbocycles. The van der Waals surface area contributed by atoms with Gasteiger partial charge in [0.05, 0.1) is 19.9 Å². The topological polar surface area (TPSA) is 68.8 Å². The fourth-order valence-electron chi connectivity index (χ4n) is 2.65. The van der Waals surface area contributed by atoms with Crippen molar-refractivity contribution < 1.29 is 19.0 Å². The maximum Gasteiger partial charge on any atom is 0.226 e. The van der Waals surface area contributed by atoms with Crippen LogP contribution in [0.2, 0.25) is 0 Å². The second-order valence-corrected chi connectivity index (χ2v) is 6.29. The van der Waals surface area contributed by atoms with Gasteiger partial charge in [-0.25, -0.2) is 0 Å². The number of anilines is 1. The lowest BCUT2D eigenvalue weighted by atomic mass is 10.2. The number of ether oxygens (including phenoxy) is 3. The third-order valence-corrected chi connectivity index (χ3v) is 4.12. The Hall–Kier alpha value is -2.73. The standard InChI is InChI=1S/C21H28N2O4/c1-15-7-5-6-8-19(15)27-12-11-22-16(2)13-21(24)23-18-14-17(25-3)9-10-20(18)26-4/h5-10,14,16,22H,11-13H2,1-4H3,(H,23,24). The Morgan fingerprint density at radius 3 is 2.56 bits per heavy atom. The quantitative estimate of drug-likeness (QED) is 0.626. The number of carbonyl (C=O) groups is 1. The van der Waals surface area contributed by atoms with Crippen molar-refractivity contribution in [3.8, 4) is 17.2 Å². The Morgan fingerprint density at radius 2 is 1.85 bits per heavy atom. The van der Waals surface area contributed by atoms with Crippen LogP contribution in [-0.4, -0.2) is 39.3 Å². The molecule has 6 heteroatoms. The lowest BCUT2D eigenvalue weighted by Gasteiger charge is -2.16. The van der Waals surface area contributed by atoms with Crippen LogP contribution in [0.25, 0.3) is 0 Å². The van der Waals surface area contributed by atoms with Gasteiger partial charge in [0.15, 0.2) is 0 Å². The number of para-hydroxylation sites is 1. The van der Waals surface area contributed by atoms with Crippen LogP contribution < -0.4 is 24.8 Å². The van der Waals surface area contributed by atoms with E-state index in [9.17, 15) is 4.79 Å². The molecule has 0 radical (unpaired) electrons. The summed E-state index contributed by atoms with van der Waals surface area (Å²) in [7, 11) is 3.15. The average Bonchev–Trinajstić information content (AvgIpc) is 2.66. The molecule has 0 aliphatic carbocycles.